The summed E-state index contributed by atoms with van der Waals surface area (Å²) in [6.45, 7) is 7.14. The van der Waals surface area contributed by atoms with E-state index < -0.39 is 5.97 Å². The third-order valence-corrected chi connectivity index (χ3v) is 1.70. The van der Waals surface area contributed by atoms with E-state index in [4.69, 9.17) is 4.74 Å². The highest BCUT2D eigenvalue weighted by Crippen LogP contribution is 2.05. The van der Waals surface area contributed by atoms with Crippen LogP contribution in [0.4, 0.5) is 0 Å². The fraction of sp³-hybridized carbons (Fsp3) is 0.600. The number of esters is 1. The van der Waals surface area contributed by atoms with Crippen molar-refractivity contribution >= 4 is 11.8 Å². The summed E-state index contributed by atoms with van der Waals surface area (Å²) in [5.41, 5.74) is 0. The van der Waals surface area contributed by atoms with Gasteiger partial charge in [0, 0.05) is 6.08 Å². The summed E-state index contributed by atoms with van der Waals surface area (Å²) in [7, 11) is 0. The summed E-state index contributed by atoms with van der Waals surface area (Å²) in [5.74, 6) is -0.333. The van der Waals surface area contributed by atoms with E-state index in [0.29, 0.717) is 0 Å². The van der Waals surface area contributed by atoms with Crippen molar-refractivity contribution in [2.75, 3.05) is 0 Å². The minimum Gasteiger partial charge on any atom is -0.459 e. The topological polar surface area (TPSA) is 43.4 Å². The fourth-order valence-corrected chi connectivity index (χ4v) is 0.544. The number of ether oxygens (including phenoxy) is 1. The Morgan fingerprint density at radius 3 is 2.08 bits per heavy atom. The molecule has 3 nitrogen and oxygen atoms in total. The molecule has 1 unspecified atom stereocenters. The molecule has 0 fully saturated rings. The zero-order chi connectivity index (χ0) is 10.4. The lowest BCUT2D eigenvalue weighted by molar-refractivity contribution is -0.144. The Labute approximate surface area is 78.8 Å². The molecule has 3 heteroatoms. The van der Waals surface area contributed by atoms with Crippen LogP contribution in [-0.2, 0) is 14.3 Å². The van der Waals surface area contributed by atoms with Crippen LogP contribution in [0, 0.1) is 5.92 Å². The van der Waals surface area contributed by atoms with Crippen molar-refractivity contribution in [2.24, 2.45) is 5.92 Å². The predicted molar refractivity (Wildman–Crippen MR) is 50.2 cm³/mol. The zero-order valence-electron chi connectivity index (χ0n) is 8.53. The third kappa shape index (κ3) is 6.08. The largest absolute Gasteiger partial charge is 0.459 e. The quantitative estimate of drug-likeness (QED) is 0.493. The SMILES string of the molecule is CC(=O)/C=C/C(=O)OC(C)C(C)C. The molecule has 0 aliphatic carbocycles. The van der Waals surface area contributed by atoms with E-state index in [9.17, 15) is 9.59 Å². The number of carbonyl (C=O) groups is 2. The van der Waals surface area contributed by atoms with Crippen LogP contribution in [0.5, 0.6) is 0 Å². The van der Waals surface area contributed by atoms with Gasteiger partial charge in [-0.2, -0.15) is 0 Å². The van der Waals surface area contributed by atoms with E-state index in [2.05, 4.69) is 0 Å². The molecule has 0 aliphatic heterocycles. The van der Waals surface area contributed by atoms with Crippen molar-refractivity contribution in [1.82, 2.24) is 0 Å². The Kier molecular flexibility index (Phi) is 5.04. The normalized spacial score (nSPS) is 13.3. The minimum absolute atomic E-state index is 0.121. The van der Waals surface area contributed by atoms with Gasteiger partial charge in [0.25, 0.3) is 0 Å². The van der Waals surface area contributed by atoms with Crippen molar-refractivity contribution < 1.29 is 14.3 Å². The standard InChI is InChI=1S/C10H16O3/c1-7(2)9(4)13-10(12)6-5-8(3)11/h5-7,9H,1-4H3/b6-5+. The van der Waals surface area contributed by atoms with E-state index in [1.807, 2.05) is 20.8 Å². The van der Waals surface area contributed by atoms with E-state index >= 15 is 0 Å². The van der Waals surface area contributed by atoms with Crippen LogP contribution in [0.1, 0.15) is 27.7 Å². The molecule has 0 bridgehead atoms. The first-order valence-corrected chi connectivity index (χ1v) is 4.32. The first kappa shape index (κ1) is 11.9. The second kappa shape index (κ2) is 5.51. The van der Waals surface area contributed by atoms with Crippen molar-refractivity contribution in [3.63, 3.8) is 0 Å². The van der Waals surface area contributed by atoms with Crippen molar-refractivity contribution in [3.8, 4) is 0 Å². The van der Waals surface area contributed by atoms with Gasteiger partial charge in [0.05, 0.1) is 0 Å². The van der Waals surface area contributed by atoms with E-state index in [-0.39, 0.29) is 17.8 Å². The summed E-state index contributed by atoms with van der Waals surface area (Å²) >= 11 is 0. The molecule has 0 aliphatic rings. The number of carbonyl (C=O) groups excluding carboxylic acids is 2. The molecule has 0 aromatic heterocycles. The first-order chi connectivity index (χ1) is 5.93. The van der Waals surface area contributed by atoms with Crippen LogP contribution in [0.3, 0.4) is 0 Å². The van der Waals surface area contributed by atoms with Crippen molar-refractivity contribution in [2.45, 2.75) is 33.8 Å². The third-order valence-electron chi connectivity index (χ3n) is 1.70. The second-order valence-electron chi connectivity index (χ2n) is 3.33. The lowest BCUT2D eigenvalue weighted by atomic mass is 10.1. The maximum atomic E-state index is 11.0. The average Bonchev–Trinajstić information content (AvgIpc) is 2.00. The van der Waals surface area contributed by atoms with Gasteiger partial charge in [-0.15, -0.1) is 0 Å². The van der Waals surface area contributed by atoms with Crippen LogP contribution < -0.4 is 0 Å². The molecule has 0 saturated carbocycles. The lowest BCUT2D eigenvalue weighted by Gasteiger charge is -2.14. The maximum absolute atomic E-state index is 11.0. The molecule has 0 aromatic rings. The van der Waals surface area contributed by atoms with Crippen LogP contribution in [0.25, 0.3) is 0 Å². The van der Waals surface area contributed by atoms with Gasteiger partial charge in [0.1, 0.15) is 6.10 Å². The minimum atomic E-state index is -0.462. The summed E-state index contributed by atoms with van der Waals surface area (Å²) in [5, 5.41) is 0. The number of allylic oxidation sites excluding steroid dienone is 1. The number of hydrogen-bond acceptors (Lipinski definition) is 3. The molecule has 0 heterocycles. The monoisotopic (exact) mass is 184 g/mol. The zero-order valence-corrected chi connectivity index (χ0v) is 8.53. The summed E-state index contributed by atoms with van der Waals surface area (Å²) in [6, 6.07) is 0. The number of rotatable bonds is 4. The van der Waals surface area contributed by atoms with Crippen LogP contribution in [-0.4, -0.2) is 17.9 Å². The van der Waals surface area contributed by atoms with Crippen LogP contribution in [0.2, 0.25) is 0 Å². The number of hydrogen-bond donors (Lipinski definition) is 0. The fourth-order valence-electron chi connectivity index (χ4n) is 0.544. The molecule has 0 spiro atoms. The Balaban J connectivity index is 3.95. The Bertz CT molecular complexity index is 216. The maximum Gasteiger partial charge on any atom is 0.331 e. The van der Waals surface area contributed by atoms with Crippen LogP contribution in [0.15, 0.2) is 12.2 Å². The molecule has 0 radical (unpaired) electrons. The summed E-state index contributed by atoms with van der Waals surface area (Å²) in [4.78, 5) is 21.5. The molecule has 1 atom stereocenters. The highest BCUT2D eigenvalue weighted by molar-refractivity contribution is 5.94. The van der Waals surface area contributed by atoms with Gasteiger partial charge in [-0.3, -0.25) is 4.79 Å². The van der Waals surface area contributed by atoms with E-state index in [1.54, 1.807) is 0 Å². The summed E-state index contributed by atoms with van der Waals surface area (Å²) in [6.07, 6.45) is 2.24. The van der Waals surface area contributed by atoms with Gasteiger partial charge in [0.2, 0.25) is 0 Å². The van der Waals surface area contributed by atoms with Gasteiger partial charge in [-0.05, 0) is 25.8 Å². The first-order valence-electron chi connectivity index (χ1n) is 4.32. The van der Waals surface area contributed by atoms with E-state index in [0.717, 1.165) is 6.08 Å². The molecule has 0 rings (SSSR count). The van der Waals surface area contributed by atoms with Gasteiger partial charge < -0.3 is 4.74 Å². The second-order valence-corrected chi connectivity index (χ2v) is 3.33. The predicted octanol–water partition coefficient (Wildman–Crippen LogP) is 1.72. The highest BCUT2D eigenvalue weighted by atomic mass is 16.5. The van der Waals surface area contributed by atoms with Gasteiger partial charge in [-0.25, -0.2) is 4.79 Å². The Morgan fingerprint density at radius 2 is 1.69 bits per heavy atom. The lowest BCUT2D eigenvalue weighted by Crippen LogP contribution is -2.18. The van der Waals surface area contributed by atoms with Gasteiger partial charge in [0.15, 0.2) is 5.78 Å². The van der Waals surface area contributed by atoms with Crippen molar-refractivity contribution in [3.05, 3.63) is 12.2 Å². The van der Waals surface area contributed by atoms with Crippen LogP contribution >= 0.6 is 0 Å². The Morgan fingerprint density at radius 1 is 1.15 bits per heavy atom. The summed E-state index contributed by atoms with van der Waals surface area (Å²) < 4.78 is 4.98. The molecule has 13 heavy (non-hydrogen) atoms. The van der Waals surface area contributed by atoms with Gasteiger partial charge in [-0.1, -0.05) is 13.8 Å². The molecule has 0 N–H and O–H groups in total. The average molecular weight is 184 g/mol. The van der Waals surface area contributed by atoms with Gasteiger partial charge >= 0.3 is 5.97 Å². The molecule has 0 aromatic carbocycles. The molecular weight excluding hydrogens is 168 g/mol. The van der Waals surface area contributed by atoms with Crippen molar-refractivity contribution in [1.29, 1.82) is 0 Å². The highest BCUT2D eigenvalue weighted by Gasteiger charge is 2.10. The Hall–Kier alpha value is -1.12. The molecule has 0 amide bonds. The number of ketones is 1. The molecular formula is C10H16O3. The molecule has 0 saturated heterocycles. The molecule has 74 valence electrons. The smallest absolute Gasteiger partial charge is 0.331 e. The van der Waals surface area contributed by atoms with E-state index in [1.165, 1.54) is 13.0 Å².